The fraction of sp³-hybridized carbons (Fsp3) is 0.222. The van der Waals surface area contributed by atoms with Crippen molar-refractivity contribution >= 4 is 58.1 Å². The Balaban J connectivity index is 2.48. The molecule has 1 aromatic heterocycles. The van der Waals surface area contributed by atoms with E-state index in [1.165, 1.54) is 17.4 Å². The van der Waals surface area contributed by atoms with E-state index in [4.69, 9.17) is 34.8 Å². The first-order chi connectivity index (χ1) is 7.39. The molecule has 0 fully saturated rings. The van der Waals surface area contributed by atoms with Crippen molar-refractivity contribution in [2.75, 3.05) is 0 Å². The molecule has 0 saturated heterocycles. The van der Waals surface area contributed by atoms with E-state index in [1.807, 2.05) is 17.5 Å². The Labute approximate surface area is 112 Å². The number of aliphatic hydroxyl groups excluding tert-OH is 1. The highest BCUT2D eigenvalue weighted by Crippen LogP contribution is 2.28. The molecule has 7 heteroatoms. The Morgan fingerprint density at radius 1 is 1.56 bits per heavy atom. The number of carbonyl (C=O) groups excluding carboxylic acids is 1. The van der Waals surface area contributed by atoms with E-state index in [0.717, 1.165) is 4.88 Å². The van der Waals surface area contributed by atoms with Crippen molar-refractivity contribution in [3.63, 3.8) is 0 Å². The number of hydrogen-bond acceptors (Lipinski definition) is 3. The lowest BCUT2D eigenvalue weighted by Crippen LogP contribution is -2.42. The Morgan fingerprint density at radius 2 is 2.25 bits per heavy atom. The van der Waals surface area contributed by atoms with Crippen LogP contribution in [0, 0.1) is 0 Å². The molecule has 1 rings (SSSR count). The third-order valence-electron chi connectivity index (χ3n) is 1.53. The van der Waals surface area contributed by atoms with Crippen molar-refractivity contribution in [3.8, 4) is 0 Å². The standard InChI is InChI=1S/C9H8Cl3NO2S/c10-9(11,12)8(15)13-7(14)4-3-6-2-1-5-16-6/h1-5,8,15H,(H,13,14)/b4-3+. The Morgan fingerprint density at radius 3 is 2.75 bits per heavy atom. The van der Waals surface area contributed by atoms with Crippen molar-refractivity contribution < 1.29 is 9.90 Å². The van der Waals surface area contributed by atoms with Gasteiger partial charge >= 0.3 is 0 Å². The number of nitrogens with one attached hydrogen (secondary N) is 1. The summed E-state index contributed by atoms with van der Waals surface area (Å²) in [4.78, 5) is 12.2. The van der Waals surface area contributed by atoms with Gasteiger partial charge in [0.1, 0.15) is 0 Å². The lowest BCUT2D eigenvalue weighted by Gasteiger charge is -2.18. The van der Waals surface area contributed by atoms with Crippen LogP contribution < -0.4 is 5.32 Å². The summed E-state index contributed by atoms with van der Waals surface area (Å²) < 4.78 is -1.94. The van der Waals surface area contributed by atoms with Crippen LogP contribution >= 0.6 is 46.1 Å². The summed E-state index contributed by atoms with van der Waals surface area (Å²) in [7, 11) is 0. The van der Waals surface area contributed by atoms with Gasteiger partial charge in [-0.15, -0.1) is 11.3 Å². The smallest absolute Gasteiger partial charge is 0.246 e. The summed E-state index contributed by atoms with van der Waals surface area (Å²) >= 11 is 17.6. The summed E-state index contributed by atoms with van der Waals surface area (Å²) in [5, 5.41) is 13.3. The van der Waals surface area contributed by atoms with Gasteiger partial charge < -0.3 is 10.4 Å². The fourth-order valence-electron chi connectivity index (χ4n) is 0.809. The fourth-order valence-corrected chi connectivity index (χ4v) is 1.59. The van der Waals surface area contributed by atoms with Gasteiger partial charge in [0.25, 0.3) is 0 Å². The molecule has 3 nitrogen and oxygen atoms in total. The van der Waals surface area contributed by atoms with Crippen LogP contribution in [0.4, 0.5) is 0 Å². The molecular formula is C9H8Cl3NO2S. The first kappa shape index (κ1) is 13.8. The first-order valence-corrected chi connectivity index (χ1v) is 6.18. The van der Waals surface area contributed by atoms with Gasteiger partial charge in [0.2, 0.25) is 9.70 Å². The third-order valence-corrected chi connectivity index (χ3v) is 2.99. The Bertz CT molecular complexity index is 373. The summed E-state index contributed by atoms with van der Waals surface area (Å²) in [5.41, 5.74) is 0. The lowest BCUT2D eigenvalue weighted by molar-refractivity contribution is -0.119. The first-order valence-electron chi connectivity index (χ1n) is 4.16. The number of halogens is 3. The summed E-state index contributed by atoms with van der Waals surface area (Å²) in [6.45, 7) is 0. The molecule has 88 valence electrons. The van der Waals surface area contributed by atoms with E-state index < -0.39 is 15.9 Å². The van der Waals surface area contributed by atoms with Crippen molar-refractivity contribution in [2.45, 2.75) is 10.0 Å². The number of hydrogen-bond donors (Lipinski definition) is 2. The maximum absolute atomic E-state index is 11.3. The Hall–Kier alpha value is -0.260. The van der Waals surface area contributed by atoms with Crippen LogP contribution in [0.25, 0.3) is 6.08 Å². The van der Waals surface area contributed by atoms with E-state index in [9.17, 15) is 9.90 Å². The number of thiophene rings is 1. The van der Waals surface area contributed by atoms with E-state index in [2.05, 4.69) is 5.32 Å². The molecule has 2 N–H and O–H groups in total. The van der Waals surface area contributed by atoms with Crippen LogP contribution in [-0.2, 0) is 4.79 Å². The van der Waals surface area contributed by atoms with Crippen LogP contribution in [0.2, 0.25) is 0 Å². The summed E-state index contributed by atoms with van der Waals surface area (Å²) in [6.07, 6.45) is 1.31. The number of alkyl halides is 3. The Kier molecular flexibility index (Phi) is 5.08. The average Bonchev–Trinajstić information content (AvgIpc) is 2.65. The molecule has 0 radical (unpaired) electrons. The topological polar surface area (TPSA) is 49.3 Å². The van der Waals surface area contributed by atoms with E-state index in [0.29, 0.717) is 0 Å². The minimum atomic E-state index is -1.94. The van der Waals surface area contributed by atoms with Gasteiger partial charge in [-0.2, -0.15) is 0 Å². The average molecular weight is 301 g/mol. The maximum atomic E-state index is 11.3. The summed E-state index contributed by atoms with van der Waals surface area (Å²) in [6, 6.07) is 3.71. The molecule has 16 heavy (non-hydrogen) atoms. The highest BCUT2D eigenvalue weighted by molar-refractivity contribution is 7.10. The molecule has 0 spiro atoms. The quantitative estimate of drug-likeness (QED) is 0.512. The van der Waals surface area contributed by atoms with Crippen LogP contribution in [0.3, 0.4) is 0 Å². The molecule has 1 atom stereocenters. The monoisotopic (exact) mass is 299 g/mol. The van der Waals surface area contributed by atoms with Crippen molar-refractivity contribution in [3.05, 3.63) is 28.5 Å². The molecule has 0 aliphatic heterocycles. The maximum Gasteiger partial charge on any atom is 0.246 e. The van der Waals surface area contributed by atoms with Gasteiger partial charge in [-0.05, 0) is 17.5 Å². The van der Waals surface area contributed by atoms with Gasteiger partial charge in [-0.3, -0.25) is 4.79 Å². The number of carbonyl (C=O) groups is 1. The zero-order valence-corrected chi connectivity index (χ0v) is 10.9. The van der Waals surface area contributed by atoms with Gasteiger partial charge in [0.15, 0.2) is 6.23 Å². The van der Waals surface area contributed by atoms with Crippen molar-refractivity contribution in [1.29, 1.82) is 0 Å². The number of rotatable bonds is 3. The highest BCUT2D eigenvalue weighted by atomic mass is 35.6. The molecule has 0 bridgehead atoms. The molecule has 0 saturated carbocycles. The molecule has 1 aromatic rings. The second kappa shape index (κ2) is 5.89. The van der Waals surface area contributed by atoms with Crippen LogP contribution in [0.15, 0.2) is 23.6 Å². The number of amides is 1. The molecule has 0 aromatic carbocycles. The molecule has 1 unspecified atom stereocenters. The second-order valence-electron chi connectivity index (χ2n) is 2.80. The SMILES string of the molecule is O=C(/C=C/c1cccs1)NC(O)C(Cl)(Cl)Cl. The van der Waals surface area contributed by atoms with Crippen molar-refractivity contribution in [1.82, 2.24) is 5.32 Å². The van der Waals surface area contributed by atoms with Gasteiger partial charge in [0, 0.05) is 11.0 Å². The largest absolute Gasteiger partial charge is 0.369 e. The second-order valence-corrected chi connectivity index (χ2v) is 6.15. The predicted octanol–water partition coefficient (Wildman–Crippen LogP) is 2.57. The van der Waals surface area contributed by atoms with Crippen LogP contribution in [-0.4, -0.2) is 21.0 Å². The highest BCUT2D eigenvalue weighted by Gasteiger charge is 2.31. The van der Waals surface area contributed by atoms with Gasteiger partial charge in [-0.1, -0.05) is 40.9 Å². The summed E-state index contributed by atoms with van der Waals surface area (Å²) in [5.74, 6) is -0.535. The molecule has 1 heterocycles. The van der Waals surface area contributed by atoms with Crippen molar-refractivity contribution in [2.24, 2.45) is 0 Å². The molecule has 1 amide bonds. The predicted molar refractivity (Wildman–Crippen MR) is 67.8 cm³/mol. The zero-order chi connectivity index (χ0) is 12.2. The minimum Gasteiger partial charge on any atom is -0.369 e. The normalized spacial score (nSPS) is 14.0. The van der Waals surface area contributed by atoms with E-state index in [-0.39, 0.29) is 0 Å². The number of aliphatic hydroxyl groups is 1. The molecule has 0 aliphatic rings. The zero-order valence-electron chi connectivity index (χ0n) is 7.86. The van der Waals surface area contributed by atoms with E-state index >= 15 is 0 Å². The molecular weight excluding hydrogens is 293 g/mol. The van der Waals surface area contributed by atoms with Crippen LogP contribution in [0.5, 0.6) is 0 Å². The third kappa shape index (κ3) is 4.72. The molecule has 0 aliphatic carbocycles. The van der Waals surface area contributed by atoms with Gasteiger partial charge in [0.05, 0.1) is 0 Å². The van der Waals surface area contributed by atoms with Crippen LogP contribution in [0.1, 0.15) is 4.88 Å². The minimum absolute atomic E-state index is 0.535. The van der Waals surface area contributed by atoms with E-state index in [1.54, 1.807) is 6.08 Å². The van der Waals surface area contributed by atoms with Gasteiger partial charge in [-0.25, -0.2) is 0 Å². The lowest BCUT2D eigenvalue weighted by atomic mass is 10.4.